The fourth-order valence-electron chi connectivity index (χ4n) is 3.81. The molecule has 0 unspecified atom stereocenters. The first-order chi connectivity index (χ1) is 17.1. The smallest absolute Gasteiger partial charge is 0.475 e. The number of aryl methyl sites for hydroxylation is 1. The number of hydrogen-bond acceptors (Lipinski definition) is 6. The van der Waals surface area contributed by atoms with Crippen LogP contribution < -0.4 is 0 Å². The van der Waals surface area contributed by atoms with Crippen LogP contribution >= 0.6 is 11.3 Å². The fraction of sp³-hybridized carbons (Fsp3) is 0.455. The van der Waals surface area contributed by atoms with Crippen molar-refractivity contribution < 1.29 is 50.9 Å². The van der Waals surface area contributed by atoms with E-state index in [2.05, 4.69) is 28.9 Å². The van der Waals surface area contributed by atoms with Gasteiger partial charge in [-0.2, -0.15) is 26.3 Å². The van der Waals surface area contributed by atoms with Crippen LogP contribution in [-0.4, -0.2) is 74.8 Å². The maximum Gasteiger partial charge on any atom is 0.490 e. The van der Waals surface area contributed by atoms with Crippen LogP contribution in [0.4, 0.5) is 26.3 Å². The highest BCUT2D eigenvalue weighted by Gasteiger charge is 2.46. The average Bonchev–Trinajstić information content (AvgIpc) is 3.45. The standard InChI is InChI=1S/C18H21N3OS.2C2HF3O2/c1-13-4-5-16(23-13)11-20-9-15-10-21(18(22)17(15)12-20)8-14-3-2-6-19-7-14;2*3-2(4,5)1(6)7/h2-7,15,17H,8-12H2,1H3;2*(H,6,7)/t15-,17-;;/m1../s1. The number of thiophene rings is 1. The van der Waals surface area contributed by atoms with Crippen LogP contribution in [0.25, 0.3) is 0 Å². The molecule has 15 heteroatoms. The monoisotopic (exact) mass is 555 g/mol. The second kappa shape index (κ2) is 12.4. The van der Waals surface area contributed by atoms with Gasteiger partial charge >= 0.3 is 24.3 Å². The van der Waals surface area contributed by atoms with Crippen LogP contribution in [0, 0.1) is 18.8 Å². The molecule has 0 spiro atoms. The molecule has 0 aliphatic carbocycles. The number of likely N-dealkylation sites (tertiary alicyclic amines) is 2. The first-order valence-corrected chi connectivity index (χ1v) is 11.4. The van der Waals surface area contributed by atoms with E-state index in [-0.39, 0.29) is 5.92 Å². The topological polar surface area (TPSA) is 111 Å². The second-order valence-corrected chi connectivity index (χ2v) is 9.63. The van der Waals surface area contributed by atoms with Gasteiger partial charge in [0.2, 0.25) is 5.91 Å². The van der Waals surface area contributed by atoms with E-state index in [0.717, 1.165) is 31.7 Å². The molecule has 4 heterocycles. The highest BCUT2D eigenvalue weighted by atomic mass is 32.1. The van der Waals surface area contributed by atoms with Crippen LogP contribution in [0.2, 0.25) is 0 Å². The van der Waals surface area contributed by atoms with Crippen molar-refractivity contribution in [3.63, 3.8) is 0 Å². The summed E-state index contributed by atoms with van der Waals surface area (Å²) in [5.41, 5.74) is 1.12. The zero-order chi connectivity index (χ0) is 28.0. The molecular weight excluding hydrogens is 532 g/mol. The van der Waals surface area contributed by atoms with E-state index in [4.69, 9.17) is 19.8 Å². The number of halogens is 6. The summed E-state index contributed by atoms with van der Waals surface area (Å²) >= 11 is 1.86. The number of rotatable bonds is 4. The van der Waals surface area contributed by atoms with Crippen molar-refractivity contribution in [2.45, 2.75) is 32.4 Å². The summed E-state index contributed by atoms with van der Waals surface area (Å²) in [5, 5.41) is 14.2. The van der Waals surface area contributed by atoms with Crippen molar-refractivity contribution >= 4 is 29.2 Å². The Morgan fingerprint density at radius 1 is 1.00 bits per heavy atom. The zero-order valence-corrected chi connectivity index (χ0v) is 20.1. The molecule has 0 aromatic carbocycles. The van der Waals surface area contributed by atoms with Gasteiger partial charge < -0.3 is 15.1 Å². The van der Waals surface area contributed by atoms with Gasteiger partial charge in [0.1, 0.15) is 0 Å². The van der Waals surface area contributed by atoms with Gasteiger partial charge in [-0.3, -0.25) is 14.7 Å². The van der Waals surface area contributed by atoms with Crippen molar-refractivity contribution in [3.05, 3.63) is 52.0 Å². The summed E-state index contributed by atoms with van der Waals surface area (Å²) in [4.78, 5) is 41.8. The van der Waals surface area contributed by atoms with Gasteiger partial charge in [0, 0.05) is 60.8 Å². The molecule has 2 N–H and O–H groups in total. The van der Waals surface area contributed by atoms with Crippen molar-refractivity contribution in [1.82, 2.24) is 14.8 Å². The molecule has 2 aliphatic heterocycles. The Bertz CT molecular complexity index is 1050. The number of fused-ring (bicyclic) bond motifs is 1. The predicted octanol–water partition coefficient (Wildman–Crippen LogP) is 3.81. The summed E-state index contributed by atoms with van der Waals surface area (Å²) in [6, 6.07) is 8.36. The van der Waals surface area contributed by atoms with Gasteiger partial charge in [-0.25, -0.2) is 9.59 Å². The van der Waals surface area contributed by atoms with E-state index in [9.17, 15) is 31.1 Å². The number of pyridine rings is 1. The molecule has 204 valence electrons. The Labute approximate surface area is 211 Å². The number of carbonyl (C=O) groups is 3. The summed E-state index contributed by atoms with van der Waals surface area (Å²) in [7, 11) is 0. The molecule has 2 fully saturated rings. The number of carboxylic acids is 2. The van der Waals surface area contributed by atoms with Crippen LogP contribution in [0.5, 0.6) is 0 Å². The zero-order valence-electron chi connectivity index (χ0n) is 19.3. The van der Waals surface area contributed by atoms with E-state index in [1.165, 1.54) is 9.75 Å². The summed E-state index contributed by atoms with van der Waals surface area (Å²) in [6.07, 6.45) is -6.54. The Balaban J connectivity index is 0.000000286. The molecule has 4 rings (SSSR count). The van der Waals surface area contributed by atoms with E-state index >= 15 is 0 Å². The quantitative estimate of drug-likeness (QED) is 0.552. The minimum Gasteiger partial charge on any atom is -0.475 e. The van der Waals surface area contributed by atoms with Gasteiger partial charge in [-0.05, 0) is 30.7 Å². The number of alkyl halides is 6. The maximum atomic E-state index is 12.7. The largest absolute Gasteiger partial charge is 0.490 e. The molecule has 0 radical (unpaired) electrons. The van der Waals surface area contributed by atoms with Gasteiger partial charge in [0.15, 0.2) is 0 Å². The molecule has 2 aliphatic rings. The molecule has 0 bridgehead atoms. The van der Waals surface area contributed by atoms with Crippen molar-refractivity contribution in [2.75, 3.05) is 19.6 Å². The number of nitrogens with zero attached hydrogens (tertiary/aromatic N) is 3. The van der Waals surface area contributed by atoms with E-state index < -0.39 is 24.3 Å². The normalized spacial score (nSPS) is 19.4. The van der Waals surface area contributed by atoms with Crippen molar-refractivity contribution in [3.8, 4) is 0 Å². The van der Waals surface area contributed by atoms with Crippen LogP contribution in [0.3, 0.4) is 0 Å². The Hall–Kier alpha value is -3.20. The number of aromatic nitrogens is 1. The molecule has 2 aromatic heterocycles. The van der Waals surface area contributed by atoms with E-state index in [0.29, 0.717) is 18.4 Å². The number of amides is 1. The number of carboxylic acid groups (broad SMARTS) is 2. The lowest BCUT2D eigenvalue weighted by Gasteiger charge is -2.21. The highest BCUT2D eigenvalue weighted by Crippen LogP contribution is 2.34. The summed E-state index contributed by atoms with van der Waals surface area (Å²) in [5.74, 6) is -4.52. The van der Waals surface area contributed by atoms with Gasteiger partial charge in [-0.15, -0.1) is 11.3 Å². The highest BCUT2D eigenvalue weighted by molar-refractivity contribution is 7.11. The fourth-order valence-corrected chi connectivity index (χ4v) is 4.74. The molecule has 2 aromatic rings. The van der Waals surface area contributed by atoms with Crippen LogP contribution in [0.15, 0.2) is 36.7 Å². The minimum atomic E-state index is -5.08. The molecule has 2 atom stereocenters. The third-order valence-corrected chi connectivity index (χ3v) is 6.34. The van der Waals surface area contributed by atoms with Gasteiger partial charge in [0.05, 0.1) is 5.92 Å². The average molecular weight is 555 g/mol. The second-order valence-electron chi connectivity index (χ2n) is 8.26. The lowest BCUT2D eigenvalue weighted by atomic mass is 10.0. The molecule has 2 saturated heterocycles. The van der Waals surface area contributed by atoms with E-state index in [1.54, 1.807) is 6.20 Å². The summed E-state index contributed by atoms with van der Waals surface area (Å²) in [6.45, 7) is 6.66. The molecule has 37 heavy (non-hydrogen) atoms. The maximum absolute atomic E-state index is 12.7. The molecular formula is C22H23F6N3O5S. The molecule has 1 amide bonds. The first-order valence-electron chi connectivity index (χ1n) is 10.6. The molecule has 8 nitrogen and oxygen atoms in total. The number of aliphatic carboxylic acids is 2. The predicted molar refractivity (Wildman–Crippen MR) is 118 cm³/mol. The number of hydrogen-bond donors (Lipinski definition) is 2. The van der Waals surface area contributed by atoms with Crippen LogP contribution in [-0.2, 0) is 27.5 Å². The Morgan fingerprint density at radius 3 is 2.03 bits per heavy atom. The molecule has 0 saturated carbocycles. The third-order valence-electron chi connectivity index (χ3n) is 5.36. The first kappa shape index (κ1) is 30.0. The minimum absolute atomic E-state index is 0.188. The van der Waals surface area contributed by atoms with Crippen LogP contribution in [0.1, 0.15) is 15.3 Å². The van der Waals surface area contributed by atoms with Gasteiger partial charge in [-0.1, -0.05) is 6.07 Å². The Morgan fingerprint density at radius 2 is 1.59 bits per heavy atom. The summed E-state index contributed by atoms with van der Waals surface area (Å²) < 4.78 is 63.5. The van der Waals surface area contributed by atoms with Gasteiger partial charge in [0.25, 0.3) is 0 Å². The SMILES string of the molecule is Cc1ccc(CN2C[C@@H]3CN(Cc4cccnc4)C(=O)[C@@H]3C2)s1.O=C(O)C(F)(F)F.O=C(O)C(F)(F)F. The Kier molecular flexibility index (Phi) is 10.0. The lowest BCUT2D eigenvalue weighted by Crippen LogP contribution is -2.32. The third kappa shape index (κ3) is 9.31. The number of carbonyl (C=O) groups excluding carboxylic acids is 1. The van der Waals surface area contributed by atoms with Crippen molar-refractivity contribution in [1.29, 1.82) is 0 Å². The van der Waals surface area contributed by atoms with E-state index in [1.807, 2.05) is 34.6 Å². The lowest BCUT2D eigenvalue weighted by molar-refractivity contribution is -0.193. The van der Waals surface area contributed by atoms with Crippen molar-refractivity contribution in [2.24, 2.45) is 11.8 Å².